The number of hydrogen-bond donors (Lipinski definition) is 1. The van der Waals surface area contributed by atoms with Gasteiger partial charge in [0.25, 0.3) is 6.43 Å². The third-order valence-electron chi connectivity index (χ3n) is 3.10. The number of hydrogen-bond acceptors (Lipinski definition) is 1. The molecule has 84 valence electrons. The minimum atomic E-state index is -2.29. The molecule has 2 nitrogen and oxygen atoms in total. The topological polar surface area (TPSA) is 30.9 Å². The van der Waals surface area contributed by atoms with E-state index in [2.05, 4.69) is 0 Å². The standard InChI is InChI=1S/C11H16F2N2/c1-7-5-8-9(14)3-2-4-10(8)15(7)6-11(12)13/h5,9,11H,2-4,6,14H2,1H3. The van der Waals surface area contributed by atoms with Crippen LogP contribution in [0.25, 0.3) is 0 Å². The van der Waals surface area contributed by atoms with Crippen LogP contribution >= 0.6 is 0 Å². The number of fused-ring (bicyclic) bond motifs is 1. The molecule has 1 aromatic rings. The maximum atomic E-state index is 12.4. The lowest BCUT2D eigenvalue weighted by Crippen LogP contribution is -2.19. The monoisotopic (exact) mass is 214 g/mol. The average Bonchev–Trinajstić information content (AvgIpc) is 2.45. The van der Waals surface area contributed by atoms with E-state index in [0.29, 0.717) is 0 Å². The molecule has 1 atom stereocenters. The number of aromatic nitrogens is 1. The molecule has 1 unspecified atom stereocenters. The number of aryl methyl sites for hydroxylation is 1. The van der Waals surface area contributed by atoms with Crippen molar-refractivity contribution in [1.29, 1.82) is 0 Å². The lowest BCUT2D eigenvalue weighted by molar-refractivity contribution is 0.124. The molecule has 0 fully saturated rings. The SMILES string of the molecule is Cc1cc2c(n1CC(F)F)CCCC2N. The van der Waals surface area contributed by atoms with Gasteiger partial charge in [-0.05, 0) is 37.8 Å². The van der Waals surface area contributed by atoms with E-state index in [-0.39, 0.29) is 12.6 Å². The Hall–Kier alpha value is -0.900. The van der Waals surface area contributed by atoms with E-state index in [0.717, 1.165) is 36.2 Å². The second-order valence-electron chi connectivity index (χ2n) is 4.19. The van der Waals surface area contributed by atoms with E-state index in [9.17, 15) is 8.78 Å². The fourth-order valence-corrected chi connectivity index (χ4v) is 2.39. The Bertz CT molecular complexity index is 358. The van der Waals surface area contributed by atoms with Crippen LogP contribution in [0, 0.1) is 6.92 Å². The van der Waals surface area contributed by atoms with E-state index < -0.39 is 6.43 Å². The molecule has 1 aliphatic carbocycles. The van der Waals surface area contributed by atoms with Crippen LogP contribution in [-0.4, -0.2) is 11.0 Å². The largest absolute Gasteiger partial charge is 0.343 e. The highest BCUT2D eigenvalue weighted by atomic mass is 19.3. The normalized spacial score (nSPS) is 20.7. The Kier molecular flexibility index (Phi) is 2.78. The summed E-state index contributed by atoms with van der Waals surface area (Å²) in [7, 11) is 0. The summed E-state index contributed by atoms with van der Waals surface area (Å²) < 4.78 is 26.5. The van der Waals surface area contributed by atoms with Crippen molar-refractivity contribution >= 4 is 0 Å². The smallest absolute Gasteiger partial charge is 0.256 e. The zero-order chi connectivity index (χ0) is 11.0. The summed E-state index contributed by atoms with van der Waals surface area (Å²) in [5.74, 6) is 0. The third-order valence-corrected chi connectivity index (χ3v) is 3.10. The van der Waals surface area contributed by atoms with E-state index in [1.807, 2.05) is 13.0 Å². The van der Waals surface area contributed by atoms with Gasteiger partial charge < -0.3 is 10.3 Å². The van der Waals surface area contributed by atoms with Gasteiger partial charge in [0, 0.05) is 17.4 Å². The summed E-state index contributed by atoms with van der Waals surface area (Å²) in [5, 5.41) is 0. The molecule has 2 rings (SSSR count). The molecule has 1 aromatic heterocycles. The molecule has 0 spiro atoms. The highest BCUT2D eigenvalue weighted by molar-refractivity contribution is 5.32. The van der Waals surface area contributed by atoms with Crippen LogP contribution in [-0.2, 0) is 13.0 Å². The molecule has 1 aliphatic rings. The van der Waals surface area contributed by atoms with Gasteiger partial charge in [0.1, 0.15) is 0 Å². The predicted molar refractivity (Wildman–Crippen MR) is 55.0 cm³/mol. The van der Waals surface area contributed by atoms with Gasteiger partial charge in [-0.25, -0.2) is 8.78 Å². The first-order valence-corrected chi connectivity index (χ1v) is 5.32. The van der Waals surface area contributed by atoms with Crippen molar-refractivity contribution in [2.75, 3.05) is 0 Å². The van der Waals surface area contributed by atoms with Gasteiger partial charge in [-0.2, -0.15) is 0 Å². The first-order chi connectivity index (χ1) is 7.09. The molecule has 0 bridgehead atoms. The Labute approximate surface area is 88.1 Å². The zero-order valence-corrected chi connectivity index (χ0v) is 8.84. The van der Waals surface area contributed by atoms with Crippen LogP contribution in [0.2, 0.25) is 0 Å². The number of rotatable bonds is 2. The Morgan fingerprint density at radius 2 is 2.33 bits per heavy atom. The van der Waals surface area contributed by atoms with Gasteiger partial charge in [0.05, 0.1) is 6.54 Å². The molecule has 0 aliphatic heterocycles. The highest BCUT2D eigenvalue weighted by Crippen LogP contribution is 2.30. The summed E-state index contributed by atoms with van der Waals surface area (Å²) >= 11 is 0. The summed E-state index contributed by atoms with van der Waals surface area (Å²) in [4.78, 5) is 0. The summed E-state index contributed by atoms with van der Waals surface area (Å²) in [6.07, 6.45) is 0.550. The molecule has 0 saturated carbocycles. The van der Waals surface area contributed by atoms with E-state index in [4.69, 9.17) is 5.73 Å². The zero-order valence-electron chi connectivity index (χ0n) is 8.84. The average molecular weight is 214 g/mol. The molecular formula is C11H16F2N2. The summed E-state index contributed by atoms with van der Waals surface area (Å²) in [6, 6.07) is 1.99. The Balaban J connectivity index is 2.38. The van der Waals surface area contributed by atoms with Gasteiger partial charge in [-0.1, -0.05) is 0 Å². The number of halogens is 2. The number of alkyl halides is 2. The van der Waals surface area contributed by atoms with Gasteiger partial charge in [0.15, 0.2) is 0 Å². The second kappa shape index (κ2) is 3.93. The fraction of sp³-hybridized carbons (Fsp3) is 0.636. The molecule has 0 aromatic carbocycles. The fourth-order valence-electron chi connectivity index (χ4n) is 2.39. The van der Waals surface area contributed by atoms with Crippen LogP contribution in [0.1, 0.15) is 35.8 Å². The van der Waals surface area contributed by atoms with Crippen LogP contribution in [0.4, 0.5) is 8.78 Å². The first-order valence-electron chi connectivity index (χ1n) is 5.32. The van der Waals surface area contributed by atoms with Gasteiger partial charge in [0.2, 0.25) is 0 Å². The van der Waals surface area contributed by atoms with Crippen LogP contribution in [0.5, 0.6) is 0 Å². The quantitative estimate of drug-likeness (QED) is 0.805. The molecule has 2 N–H and O–H groups in total. The van der Waals surface area contributed by atoms with Crippen LogP contribution in [0.3, 0.4) is 0 Å². The van der Waals surface area contributed by atoms with Crippen molar-refractivity contribution < 1.29 is 8.78 Å². The van der Waals surface area contributed by atoms with Gasteiger partial charge >= 0.3 is 0 Å². The third kappa shape index (κ3) is 1.91. The van der Waals surface area contributed by atoms with E-state index in [1.165, 1.54) is 0 Å². The minimum Gasteiger partial charge on any atom is -0.343 e. The lowest BCUT2D eigenvalue weighted by Gasteiger charge is -2.21. The molecule has 1 heterocycles. The van der Waals surface area contributed by atoms with E-state index in [1.54, 1.807) is 4.57 Å². The lowest BCUT2D eigenvalue weighted by atomic mass is 9.93. The number of nitrogens with zero attached hydrogens (tertiary/aromatic N) is 1. The van der Waals surface area contributed by atoms with Crippen molar-refractivity contribution in [2.24, 2.45) is 5.73 Å². The minimum absolute atomic E-state index is 0.0337. The van der Waals surface area contributed by atoms with Crippen molar-refractivity contribution in [3.05, 3.63) is 23.0 Å². The maximum absolute atomic E-state index is 12.4. The molecular weight excluding hydrogens is 198 g/mol. The van der Waals surface area contributed by atoms with Crippen molar-refractivity contribution in [2.45, 2.75) is 45.2 Å². The van der Waals surface area contributed by atoms with Crippen LogP contribution < -0.4 is 5.73 Å². The van der Waals surface area contributed by atoms with E-state index >= 15 is 0 Å². The molecule has 0 saturated heterocycles. The van der Waals surface area contributed by atoms with Gasteiger partial charge in [-0.3, -0.25) is 0 Å². The van der Waals surface area contributed by atoms with Gasteiger partial charge in [-0.15, -0.1) is 0 Å². The molecule has 4 heteroatoms. The molecule has 15 heavy (non-hydrogen) atoms. The predicted octanol–water partition coefficient (Wildman–Crippen LogP) is 2.40. The Morgan fingerprint density at radius 1 is 1.60 bits per heavy atom. The second-order valence-corrected chi connectivity index (χ2v) is 4.19. The summed E-state index contributed by atoms with van der Waals surface area (Å²) in [6.45, 7) is 1.67. The first kappa shape index (κ1) is 10.6. The highest BCUT2D eigenvalue weighted by Gasteiger charge is 2.23. The molecule has 0 amide bonds. The van der Waals surface area contributed by atoms with Crippen LogP contribution in [0.15, 0.2) is 6.07 Å². The van der Waals surface area contributed by atoms with Crippen molar-refractivity contribution in [1.82, 2.24) is 4.57 Å². The van der Waals surface area contributed by atoms with Crippen molar-refractivity contribution in [3.8, 4) is 0 Å². The maximum Gasteiger partial charge on any atom is 0.256 e. The number of nitrogens with two attached hydrogens (primary N) is 1. The Morgan fingerprint density at radius 3 is 3.00 bits per heavy atom. The summed E-state index contributed by atoms with van der Waals surface area (Å²) in [5.41, 5.74) is 8.95. The molecule has 0 radical (unpaired) electrons. The van der Waals surface area contributed by atoms with Crippen molar-refractivity contribution in [3.63, 3.8) is 0 Å².